The van der Waals surface area contributed by atoms with Crippen LogP contribution in [0.4, 0.5) is 14.5 Å². The Hall–Kier alpha value is -1.20. The summed E-state index contributed by atoms with van der Waals surface area (Å²) in [4.78, 5) is 4.30. The van der Waals surface area contributed by atoms with Gasteiger partial charge in [-0.2, -0.15) is 0 Å². The first-order valence-corrected chi connectivity index (χ1v) is 3.70. The third kappa shape index (κ3) is 2.37. The molecule has 0 spiro atoms. The van der Waals surface area contributed by atoms with Gasteiger partial charge in [-0.25, -0.2) is 14.7 Å². The third-order valence-electron chi connectivity index (χ3n) is 1.62. The van der Waals surface area contributed by atoms with Crippen LogP contribution in [0.2, 0.25) is 0 Å². The van der Waals surface area contributed by atoms with Gasteiger partial charge in [-0.3, -0.25) is 0 Å². The van der Waals surface area contributed by atoms with Crippen molar-refractivity contribution in [2.75, 3.05) is 12.3 Å². The molecule has 5 heteroatoms. The molecule has 0 saturated heterocycles. The van der Waals surface area contributed by atoms with Gasteiger partial charge in [0.2, 0.25) is 0 Å². The predicted octanol–water partition coefficient (Wildman–Crippen LogP) is 0.980. The van der Waals surface area contributed by atoms with E-state index in [1.807, 2.05) is 0 Å². The van der Waals surface area contributed by atoms with Gasteiger partial charge in [-0.15, -0.1) is 0 Å². The smallest absolute Gasteiger partial charge is 0.181 e. The number of rotatable bonds is 3. The molecule has 72 valence electrons. The first kappa shape index (κ1) is 9.88. The second-order valence-electron chi connectivity index (χ2n) is 2.60. The molecule has 0 aliphatic carbocycles. The molecule has 1 aromatic carbocycles. The second-order valence-corrected chi connectivity index (χ2v) is 2.60. The highest BCUT2D eigenvalue weighted by Gasteiger charge is 2.07. The lowest BCUT2D eigenvalue weighted by molar-refractivity contribution is 0.141. The predicted molar refractivity (Wildman–Crippen MR) is 44.6 cm³/mol. The van der Waals surface area contributed by atoms with Crippen LogP contribution in [0.3, 0.4) is 0 Å². The summed E-state index contributed by atoms with van der Waals surface area (Å²) >= 11 is 0. The molecule has 1 aromatic rings. The Kier molecular flexibility index (Phi) is 3.16. The highest BCUT2D eigenvalue weighted by molar-refractivity contribution is 5.43. The Morgan fingerprint density at radius 3 is 2.54 bits per heavy atom. The third-order valence-corrected chi connectivity index (χ3v) is 1.62. The summed E-state index contributed by atoms with van der Waals surface area (Å²) in [5, 5.41) is 0. The Balaban J connectivity index is 2.86. The van der Waals surface area contributed by atoms with Crippen LogP contribution in [-0.4, -0.2) is 6.61 Å². The minimum atomic E-state index is -1.02. The van der Waals surface area contributed by atoms with E-state index in [-0.39, 0.29) is 12.3 Å². The van der Waals surface area contributed by atoms with Crippen molar-refractivity contribution in [3.8, 4) is 0 Å². The Labute approximate surface area is 74.2 Å². The summed E-state index contributed by atoms with van der Waals surface area (Å²) in [7, 11) is 0. The van der Waals surface area contributed by atoms with Gasteiger partial charge in [-0.1, -0.05) is 0 Å². The summed E-state index contributed by atoms with van der Waals surface area (Å²) < 4.78 is 25.4. The Morgan fingerprint density at radius 2 is 2.00 bits per heavy atom. The normalized spacial score (nSPS) is 10.4. The van der Waals surface area contributed by atoms with Crippen molar-refractivity contribution in [3.05, 3.63) is 29.3 Å². The summed E-state index contributed by atoms with van der Waals surface area (Å²) in [6, 6.07) is 2.43. The van der Waals surface area contributed by atoms with E-state index < -0.39 is 11.6 Å². The van der Waals surface area contributed by atoms with E-state index in [1.54, 1.807) is 0 Å². The van der Waals surface area contributed by atoms with Crippen molar-refractivity contribution < 1.29 is 13.6 Å². The van der Waals surface area contributed by atoms with Gasteiger partial charge >= 0.3 is 0 Å². The summed E-state index contributed by atoms with van der Waals surface area (Å²) in [5.74, 6) is 2.82. The second kappa shape index (κ2) is 4.15. The Bertz CT molecular complexity index is 281. The maximum atomic E-state index is 12.7. The van der Waals surface area contributed by atoms with E-state index in [0.717, 1.165) is 6.07 Å². The van der Waals surface area contributed by atoms with Crippen LogP contribution in [0.25, 0.3) is 0 Å². The van der Waals surface area contributed by atoms with Gasteiger partial charge in [-0.05, 0) is 24.1 Å². The zero-order valence-electron chi connectivity index (χ0n) is 6.89. The maximum absolute atomic E-state index is 12.7. The lowest BCUT2D eigenvalue weighted by atomic mass is 10.1. The monoisotopic (exact) mass is 188 g/mol. The van der Waals surface area contributed by atoms with Crippen LogP contribution >= 0.6 is 0 Å². The molecule has 0 bridgehead atoms. The molecule has 0 aliphatic heterocycles. The molecule has 0 unspecified atom stereocenters. The summed E-state index contributed by atoms with van der Waals surface area (Å²) in [6.45, 7) is 0.241. The molecule has 0 radical (unpaired) electrons. The van der Waals surface area contributed by atoms with Gasteiger partial charge in [0.15, 0.2) is 11.6 Å². The molecule has 0 aromatic heterocycles. The molecular formula is C8H10F2N2O. The van der Waals surface area contributed by atoms with E-state index in [2.05, 4.69) is 4.84 Å². The summed E-state index contributed by atoms with van der Waals surface area (Å²) in [6.07, 6.45) is 0.401. The van der Waals surface area contributed by atoms with E-state index >= 15 is 0 Å². The van der Waals surface area contributed by atoms with E-state index in [9.17, 15) is 8.78 Å². The molecule has 4 N–H and O–H groups in total. The molecular weight excluding hydrogens is 178 g/mol. The zero-order chi connectivity index (χ0) is 9.84. The first-order chi connectivity index (χ1) is 6.15. The lowest BCUT2D eigenvalue weighted by Crippen LogP contribution is -2.05. The largest absolute Gasteiger partial charge is 0.396 e. The summed E-state index contributed by atoms with van der Waals surface area (Å²) in [5.41, 5.74) is 5.56. The number of nitrogen functional groups attached to an aromatic ring is 1. The number of nitrogens with two attached hydrogens (primary N) is 2. The molecule has 1 rings (SSSR count). The fraction of sp³-hybridized carbons (Fsp3) is 0.250. The standard InChI is InChI=1S/C8H10F2N2O/c9-6-3-5(1-2-13-12)4-7(11)8(6)10/h3-4H,1-2,11-12H2. The average molecular weight is 188 g/mol. The number of anilines is 1. The number of halogens is 2. The molecule has 0 aliphatic rings. The van der Waals surface area contributed by atoms with Crippen LogP contribution in [0.1, 0.15) is 5.56 Å². The van der Waals surface area contributed by atoms with Crippen LogP contribution in [0.5, 0.6) is 0 Å². The van der Waals surface area contributed by atoms with Crippen molar-refractivity contribution in [1.29, 1.82) is 0 Å². The highest BCUT2D eigenvalue weighted by atomic mass is 19.2. The van der Waals surface area contributed by atoms with Gasteiger partial charge < -0.3 is 10.6 Å². The van der Waals surface area contributed by atoms with Crippen LogP contribution < -0.4 is 11.6 Å². The Morgan fingerprint density at radius 1 is 1.31 bits per heavy atom. The van der Waals surface area contributed by atoms with Crippen molar-refractivity contribution >= 4 is 5.69 Å². The quantitative estimate of drug-likeness (QED) is 0.549. The number of hydrogen-bond donors (Lipinski definition) is 2. The fourth-order valence-corrected chi connectivity index (χ4v) is 0.990. The zero-order valence-corrected chi connectivity index (χ0v) is 6.89. The molecule has 3 nitrogen and oxygen atoms in total. The minimum Gasteiger partial charge on any atom is -0.396 e. The lowest BCUT2D eigenvalue weighted by Gasteiger charge is -2.03. The van der Waals surface area contributed by atoms with Gasteiger partial charge in [0, 0.05) is 0 Å². The molecule has 0 amide bonds. The molecule has 13 heavy (non-hydrogen) atoms. The fourth-order valence-electron chi connectivity index (χ4n) is 0.990. The van der Waals surface area contributed by atoms with Gasteiger partial charge in [0.25, 0.3) is 0 Å². The van der Waals surface area contributed by atoms with Crippen molar-refractivity contribution in [1.82, 2.24) is 0 Å². The van der Waals surface area contributed by atoms with Gasteiger partial charge in [0.05, 0.1) is 12.3 Å². The molecule has 0 saturated carbocycles. The SMILES string of the molecule is NOCCc1cc(N)c(F)c(F)c1. The van der Waals surface area contributed by atoms with E-state index in [0.29, 0.717) is 12.0 Å². The molecule has 0 fully saturated rings. The maximum Gasteiger partial charge on any atom is 0.181 e. The van der Waals surface area contributed by atoms with Gasteiger partial charge in [0.1, 0.15) is 0 Å². The number of hydrogen-bond acceptors (Lipinski definition) is 3. The highest BCUT2D eigenvalue weighted by Crippen LogP contribution is 2.16. The van der Waals surface area contributed by atoms with E-state index in [1.165, 1.54) is 6.07 Å². The first-order valence-electron chi connectivity index (χ1n) is 3.70. The van der Waals surface area contributed by atoms with E-state index in [4.69, 9.17) is 11.6 Å². The van der Waals surface area contributed by atoms with Crippen molar-refractivity contribution in [2.45, 2.75) is 6.42 Å². The molecule has 0 atom stereocenters. The van der Waals surface area contributed by atoms with Crippen LogP contribution in [0, 0.1) is 11.6 Å². The minimum absolute atomic E-state index is 0.202. The number of benzene rings is 1. The van der Waals surface area contributed by atoms with Crippen LogP contribution in [-0.2, 0) is 11.3 Å². The molecule has 0 heterocycles. The van der Waals surface area contributed by atoms with Crippen molar-refractivity contribution in [3.63, 3.8) is 0 Å². The van der Waals surface area contributed by atoms with Crippen LogP contribution in [0.15, 0.2) is 12.1 Å². The average Bonchev–Trinajstić information content (AvgIpc) is 2.10. The topological polar surface area (TPSA) is 61.3 Å². The van der Waals surface area contributed by atoms with Crippen molar-refractivity contribution in [2.24, 2.45) is 5.90 Å².